The summed E-state index contributed by atoms with van der Waals surface area (Å²) in [7, 11) is 0. The number of nitrogens with zero attached hydrogens (tertiary/aromatic N) is 1. The van der Waals surface area contributed by atoms with Crippen LogP contribution in [0.25, 0.3) is 0 Å². The Balaban J connectivity index is 1.81. The van der Waals surface area contributed by atoms with Gasteiger partial charge in [0, 0.05) is 11.6 Å². The summed E-state index contributed by atoms with van der Waals surface area (Å²) >= 11 is 1.47. The fourth-order valence-corrected chi connectivity index (χ4v) is 4.53. The summed E-state index contributed by atoms with van der Waals surface area (Å²) in [6.07, 6.45) is 3.86. The van der Waals surface area contributed by atoms with Gasteiger partial charge in [-0.05, 0) is 38.4 Å². The monoisotopic (exact) mass is 339 g/mol. The summed E-state index contributed by atoms with van der Waals surface area (Å²) in [6, 6.07) is 20.4. The Morgan fingerprint density at radius 2 is 1.50 bits per heavy atom. The van der Waals surface area contributed by atoms with Gasteiger partial charge in [-0.1, -0.05) is 78.8 Å². The predicted molar refractivity (Wildman–Crippen MR) is 102 cm³/mol. The van der Waals surface area contributed by atoms with Crippen LogP contribution in [0.2, 0.25) is 0 Å². The lowest BCUT2D eigenvalue weighted by Crippen LogP contribution is -2.40. The maximum Gasteiger partial charge on any atom is 0.220 e. The molecule has 3 heteroatoms. The van der Waals surface area contributed by atoms with Gasteiger partial charge in [-0.25, -0.2) is 0 Å². The Bertz CT molecular complexity index is 637. The van der Waals surface area contributed by atoms with Gasteiger partial charge in [-0.3, -0.25) is 9.69 Å². The fraction of sp³-hybridized carbons (Fsp3) is 0.381. The Morgan fingerprint density at radius 1 is 0.917 bits per heavy atom. The average molecular weight is 340 g/mol. The molecule has 0 radical (unpaired) electrons. The van der Waals surface area contributed by atoms with Crippen molar-refractivity contribution >= 4 is 16.9 Å². The first-order chi connectivity index (χ1) is 11.8. The molecule has 3 rings (SSSR count). The first-order valence-corrected chi connectivity index (χ1v) is 9.68. The third-order valence-electron chi connectivity index (χ3n) is 4.78. The van der Waals surface area contributed by atoms with E-state index in [-0.39, 0.29) is 10.4 Å². The maximum absolute atomic E-state index is 12.8. The van der Waals surface area contributed by atoms with E-state index in [9.17, 15) is 4.79 Å². The second kappa shape index (κ2) is 8.50. The molecule has 0 bridgehead atoms. The standard InChI is InChI=1S/C21H25NOS/c1-17(22-15-9-4-10-16-22)20(18-11-5-2-6-12-18)24-21(23)19-13-7-3-8-14-19/h2-3,5-8,11-14,17,20H,4,9-10,15-16H2,1H3/t17-,20-/m1/s1. The molecule has 24 heavy (non-hydrogen) atoms. The van der Waals surface area contributed by atoms with E-state index >= 15 is 0 Å². The summed E-state index contributed by atoms with van der Waals surface area (Å²) in [5.41, 5.74) is 2.03. The van der Waals surface area contributed by atoms with Crippen LogP contribution in [0, 0.1) is 0 Å². The van der Waals surface area contributed by atoms with Crippen molar-refractivity contribution in [1.29, 1.82) is 0 Å². The zero-order chi connectivity index (χ0) is 16.8. The van der Waals surface area contributed by atoms with E-state index in [0.717, 1.165) is 18.7 Å². The van der Waals surface area contributed by atoms with Crippen LogP contribution in [0.15, 0.2) is 60.7 Å². The summed E-state index contributed by atoms with van der Waals surface area (Å²) in [4.78, 5) is 15.3. The van der Waals surface area contributed by atoms with Crippen LogP contribution >= 0.6 is 11.8 Å². The summed E-state index contributed by atoms with van der Waals surface area (Å²) < 4.78 is 0. The average Bonchev–Trinajstić information content (AvgIpc) is 2.67. The van der Waals surface area contributed by atoms with Crippen LogP contribution in [0.4, 0.5) is 0 Å². The topological polar surface area (TPSA) is 20.3 Å². The van der Waals surface area contributed by atoms with Gasteiger partial charge in [0.05, 0.1) is 5.25 Å². The smallest absolute Gasteiger partial charge is 0.220 e. The number of benzene rings is 2. The lowest BCUT2D eigenvalue weighted by Gasteiger charge is -2.36. The van der Waals surface area contributed by atoms with E-state index in [1.165, 1.54) is 36.6 Å². The molecule has 0 spiro atoms. The highest BCUT2D eigenvalue weighted by Gasteiger charge is 2.28. The number of hydrogen-bond donors (Lipinski definition) is 0. The van der Waals surface area contributed by atoms with E-state index in [2.05, 4.69) is 36.1 Å². The molecule has 2 nitrogen and oxygen atoms in total. The van der Waals surface area contributed by atoms with Gasteiger partial charge in [-0.2, -0.15) is 0 Å². The molecule has 126 valence electrons. The molecule has 0 N–H and O–H groups in total. The molecule has 2 aromatic rings. The summed E-state index contributed by atoms with van der Waals surface area (Å²) in [5.74, 6) is 0. The van der Waals surface area contributed by atoms with E-state index in [0.29, 0.717) is 6.04 Å². The molecular formula is C21H25NOS. The number of piperidine rings is 1. The lowest BCUT2D eigenvalue weighted by atomic mass is 10.0. The molecule has 0 unspecified atom stereocenters. The van der Waals surface area contributed by atoms with Crippen molar-refractivity contribution in [3.8, 4) is 0 Å². The molecular weight excluding hydrogens is 314 g/mol. The molecule has 0 aromatic heterocycles. The van der Waals surface area contributed by atoms with Gasteiger partial charge in [0.15, 0.2) is 0 Å². The Kier molecular flexibility index (Phi) is 6.11. The Hall–Kier alpha value is -1.58. The molecule has 0 aliphatic carbocycles. The molecule has 2 aromatic carbocycles. The second-order valence-corrected chi connectivity index (χ2v) is 7.55. The molecule has 1 saturated heterocycles. The van der Waals surface area contributed by atoms with Gasteiger partial charge in [0.2, 0.25) is 5.12 Å². The third-order valence-corrected chi connectivity index (χ3v) is 6.15. The highest BCUT2D eigenvalue weighted by atomic mass is 32.2. The SMILES string of the molecule is C[C@H]([C@@H](SC(=O)c1ccccc1)c1ccccc1)N1CCCCC1. The number of hydrogen-bond acceptors (Lipinski definition) is 3. The molecule has 0 saturated carbocycles. The fourth-order valence-electron chi connectivity index (χ4n) is 3.36. The van der Waals surface area contributed by atoms with E-state index in [1.54, 1.807) is 0 Å². The zero-order valence-corrected chi connectivity index (χ0v) is 15.0. The van der Waals surface area contributed by atoms with Crippen molar-refractivity contribution in [3.05, 3.63) is 71.8 Å². The van der Waals surface area contributed by atoms with E-state index in [4.69, 9.17) is 0 Å². The number of thioether (sulfide) groups is 1. The van der Waals surface area contributed by atoms with Gasteiger partial charge in [-0.15, -0.1) is 0 Å². The second-order valence-electron chi connectivity index (χ2n) is 6.44. The van der Waals surface area contributed by atoms with Gasteiger partial charge < -0.3 is 0 Å². The zero-order valence-electron chi connectivity index (χ0n) is 14.2. The largest absolute Gasteiger partial charge is 0.299 e. The Morgan fingerprint density at radius 3 is 2.12 bits per heavy atom. The third kappa shape index (κ3) is 4.28. The van der Waals surface area contributed by atoms with Crippen molar-refractivity contribution in [1.82, 2.24) is 4.90 Å². The first-order valence-electron chi connectivity index (χ1n) is 8.81. The van der Waals surface area contributed by atoms with Crippen LogP contribution in [-0.4, -0.2) is 29.1 Å². The molecule has 1 heterocycles. The minimum atomic E-state index is 0.160. The first kappa shape index (κ1) is 17.2. The quantitative estimate of drug-likeness (QED) is 0.749. The van der Waals surface area contributed by atoms with Crippen LogP contribution in [0.1, 0.15) is 47.4 Å². The number of rotatable bonds is 5. The Labute approximate surface area is 149 Å². The van der Waals surface area contributed by atoms with Crippen molar-refractivity contribution < 1.29 is 4.79 Å². The predicted octanol–water partition coefficient (Wildman–Crippen LogP) is 5.18. The van der Waals surface area contributed by atoms with Crippen molar-refractivity contribution in [3.63, 3.8) is 0 Å². The summed E-state index contributed by atoms with van der Waals surface area (Å²) in [5, 5.41) is 0.324. The minimum Gasteiger partial charge on any atom is -0.299 e. The molecule has 1 aliphatic heterocycles. The molecule has 0 amide bonds. The highest BCUT2D eigenvalue weighted by Crippen LogP contribution is 2.37. The van der Waals surface area contributed by atoms with Crippen LogP contribution in [0.3, 0.4) is 0 Å². The van der Waals surface area contributed by atoms with Gasteiger partial charge in [0.1, 0.15) is 0 Å². The van der Waals surface area contributed by atoms with Crippen LogP contribution < -0.4 is 0 Å². The van der Waals surface area contributed by atoms with Gasteiger partial charge in [0.25, 0.3) is 0 Å². The van der Waals surface area contributed by atoms with Gasteiger partial charge >= 0.3 is 0 Å². The van der Waals surface area contributed by atoms with E-state index in [1.807, 2.05) is 36.4 Å². The lowest BCUT2D eigenvalue weighted by molar-refractivity contribution is 0.108. The van der Waals surface area contributed by atoms with E-state index < -0.39 is 0 Å². The molecule has 2 atom stereocenters. The van der Waals surface area contributed by atoms with Crippen LogP contribution in [-0.2, 0) is 0 Å². The van der Waals surface area contributed by atoms with Crippen molar-refractivity contribution in [2.24, 2.45) is 0 Å². The number of likely N-dealkylation sites (tertiary alicyclic amines) is 1. The van der Waals surface area contributed by atoms with Crippen molar-refractivity contribution in [2.75, 3.05) is 13.1 Å². The van der Waals surface area contributed by atoms with Crippen molar-refractivity contribution in [2.45, 2.75) is 37.5 Å². The maximum atomic E-state index is 12.8. The summed E-state index contributed by atoms with van der Waals surface area (Å²) in [6.45, 7) is 4.56. The molecule has 1 fully saturated rings. The van der Waals surface area contributed by atoms with Crippen LogP contribution in [0.5, 0.6) is 0 Å². The molecule has 1 aliphatic rings. The number of carbonyl (C=O) groups excluding carboxylic acids is 1. The minimum absolute atomic E-state index is 0.160. The normalized spacial score (nSPS) is 18.0. The number of carbonyl (C=O) groups is 1. The highest BCUT2D eigenvalue weighted by molar-refractivity contribution is 8.14.